The third-order valence-electron chi connectivity index (χ3n) is 2.44. The summed E-state index contributed by atoms with van der Waals surface area (Å²) in [5.74, 6) is 0.495. The summed E-state index contributed by atoms with van der Waals surface area (Å²) in [5.41, 5.74) is 11.5. The van der Waals surface area contributed by atoms with E-state index in [-0.39, 0.29) is 12.1 Å². The molecule has 0 aromatic carbocycles. The molecule has 3 nitrogen and oxygen atoms in total. The van der Waals surface area contributed by atoms with E-state index in [1.165, 1.54) is 0 Å². The van der Waals surface area contributed by atoms with Crippen LogP contribution in [0.4, 0.5) is 0 Å². The molecule has 4 N–H and O–H groups in total. The van der Waals surface area contributed by atoms with Gasteiger partial charge < -0.3 is 11.5 Å². The molecule has 0 bridgehead atoms. The minimum Gasteiger partial charge on any atom is -0.326 e. The van der Waals surface area contributed by atoms with E-state index in [2.05, 4.69) is 6.07 Å². The van der Waals surface area contributed by atoms with E-state index >= 15 is 0 Å². The van der Waals surface area contributed by atoms with Gasteiger partial charge in [0.15, 0.2) is 0 Å². The van der Waals surface area contributed by atoms with Crippen molar-refractivity contribution in [1.29, 1.82) is 5.26 Å². The molecule has 1 aliphatic rings. The van der Waals surface area contributed by atoms with Crippen LogP contribution in [-0.4, -0.2) is 12.1 Å². The molecule has 0 aliphatic heterocycles. The van der Waals surface area contributed by atoms with Gasteiger partial charge in [-0.2, -0.15) is 5.26 Å². The second-order valence-electron chi connectivity index (χ2n) is 3.37. The van der Waals surface area contributed by atoms with Gasteiger partial charge in [-0.15, -0.1) is 0 Å². The van der Waals surface area contributed by atoms with Gasteiger partial charge in [-0.05, 0) is 25.2 Å². The second-order valence-corrected chi connectivity index (χ2v) is 3.37. The maximum Gasteiger partial charge on any atom is 0.0624 e. The van der Waals surface area contributed by atoms with E-state index in [1.807, 2.05) is 0 Å². The predicted molar refractivity (Wildman–Crippen MR) is 43.5 cm³/mol. The standard InChI is InChI=1S/C8H15N3/c9-4-3-6-1-2-7(10)8(11)5-6/h6-8H,1-3,5,10-11H2/t6?,7-,8+/m0/s1. The molecule has 1 fully saturated rings. The van der Waals surface area contributed by atoms with Crippen molar-refractivity contribution in [1.82, 2.24) is 0 Å². The van der Waals surface area contributed by atoms with Crippen LogP contribution in [0.25, 0.3) is 0 Å². The number of hydrogen-bond donors (Lipinski definition) is 2. The Balaban J connectivity index is 2.35. The third kappa shape index (κ3) is 2.18. The summed E-state index contributed by atoms with van der Waals surface area (Å²) in [5, 5.41) is 8.45. The van der Waals surface area contributed by atoms with E-state index < -0.39 is 0 Å². The lowest BCUT2D eigenvalue weighted by Gasteiger charge is -2.30. The van der Waals surface area contributed by atoms with E-state index in [1.54, 1.807) is 0 Å². The molecule has 1 aliphatic carbocycles. The minimum atomic E-state index is 0.113. The largest absolute Gasteiger partial charge is 0.326 e. The number of nitrogens with zero attached hydrogens (tertiary/aromatic N) is 1. The van der Waals surface area contributed by atoms with Crippen molar-refractivity contribution < 1.29 is 0 Å². The second kappa shape index (κ2) is 3.70. The molecule has 3 atom stereocenters. The molecule has 11 heavy (non-hydrogen) atoms. The summed E-state index contributed by atoms with van der Waals surface area (Å²) in [6.45, 7) is 0. The molecule has 3 heteroatoms. The minimum absolute atomic E-state index is 0.113. The van der Waals surface area contributed by atoms with Gasteiger partial charge in [-0.1, -0.05) is 0 Å². The van der Waals surface area contributed by atoms with Crippen molar-refractivity contribution in [2.75, 3.05) is 0 Å². The number of rotatable bonds is 1. The monoisotopic (exact) mass is 153 g/mol. The lowest BCUT2D eigenvalue weighted by Crippen LogP contribution is -2.45. The van der Waals surface area contributed by atoms with Crippen LogP contribution < -0.4 is 11.5 Å². The van der Waals surface area contributed by atoms with Crippen LogP contribution in [0.5, 0.6) is 0 Å². The van der Waals surface area contributed by atoms with Crippen LogP contribution >= 0.6 is 0 Å². The maximum absolute atomic E-state index is 8.45. The molecule has 0 amide bonds. The fraction of sp³-hybridized carbons (Fsp3) is 0.875. The van der Waals surface area contributed by atoms with Crippen molar-refractivity contribution in [2.24, 2.45) is 17.4 Å². The zero-order valence-corrected chi connectivity index (χ0v) is 6.66. The van der Waals surface area contributed by atoms with Crippen molar-refractivity contribution in [2.45, 2.75) is 37.8 Å². The smallest absolute Gasteiger partial charge is 0.0624 e. The molecule has 0 radical (unpaired) electrons. The van der Waals surface area contributed by atoms with Crippen molar-refractivity contribution in [3.05, 3.63) is 0 Å². The molecule has 0 aromatic rings. The first-order valence-electron chi connectivity index (χ1n) is 4.12. The molecule has 1 rings (SSSR count). The first kappa shape index (κ1) is 8.51. The summed E-state index contributed by atoms with van der Waals surface area (Å²) >= 11 is 0. The van der Waals surface area contributed by atoms with Gasteiger partial charge in [0.05, 0.1) is 6.07 Å². The van der Waals surface area contributed by atoms with Crippen LogP contribution in [-0.2, 0) is 0 Å². The Hall–Kier alpha value is -0.590. The molecule has 0 saturated heterocycles. The van der Waals surface area contributed by atoms with Gasteiger partial charge >= 0.3 is 0 Å². The van der Waals surface area contributed by atoms with Gasteiger partial charge in [-0.25, -0.2) is 0 Å². The highest BCUT2D eigenvalue weighted by Gasteiger charge is 2.24. The Morgan fingerprint density at radius 1 is 1.27 bits per heavy atom. The van der Waals surface area contributed by atoms with Crippen molar-refractivity contribution >= 4 is 0 Å². The third-order valence-corrected chi connectivity index (χ3v) is 2.44. The summed E-state index contributed by atoms with van der Waals surface area (Å²) < 4.78 is 0. The average molecular weight is 153 g/mol. The quantitative estimate of drug-likeness (QED) is 0.571. The Labute approximate surface area is 67.4 Å². The van der Waals surface area contributed by atoms with Gasteiger partial charge in [0.1, 0.15) is 0 Å². The predicted octanol–water partition coefficient (Wildman–Crippen LogP) is 0.355. The van der Waals surface area contributed by atoms with Gasteiger partial charge in [-0.3, -0.25) is 0 Å². The van der Waals surface area contributed by atoms with Gasteiger partial charge in [0.2, 0.25) is 0 Å². The van der Waals surface area contributed by atoms with Gasteiger partial charge in [0.25, 0.3) is 0 Å². The van der Waals surface area contributed by atoms with Gasteiger partial charge in [0, 0.05) is 18.5 Å². The van der Waals surface area contributed by atoms with Crippen molar-refractivity contribution in [3.8, 4) is 6.07 Å². The van der Waals surface area contributed by atoms with Crippen LogP contribution in [0.1, 0.15) is 25.7 Å². The summed E-state index contributed by atoms with van der Waals surface area (Å²) in [6.07, 6.45) is 3.62. The van der Waals surface area contributed by atoms with E-state index in [9.17, 15) is 0 Å². The highest BCUT2D eigenvalue weighted by molar-refractivity contribution is 4.88. The van der Waals surface area contributed by atoms with E-state index in [0.717, 1.165) is 19.3 Å². The van der Waals surface area contributed by atoms with Crippen LogP contribution in [0, 0.1) is 17.2 Å². The zero-order chi connectivity index (χ0) is 8.27. The van der Waals surface area contributed by atoms with E-state index in [4.69, 9.17) is 16.7 Å². The summed E-state index contributed by atoms with van der Waals surface area (Å²) in [4.78, 5) is 0. The summed E-state index contributed by atoms with van der Waals surface area (Å²) in [6, 6.07) is 2.45. The molecule has 0 spiro atoms. The SMILES string of the molecule is N#CCC1CC[C@H](N)[C@H](N)C1. The first-order chi connectivity index (χ1) is 5.24. The molecular weight excluding hydrogens is 138 g/mol. The van der Waals surface area contributed by atoms with Crippen LogP contribution in [0.2, 0.25) is 0 Å². The first-order valence-corrected chi connectivity index (χ1v) is 4.12. The average Bonchev–Trinajstić information content (AvgIpc) is 1.98. The highest BCUT2D eigenvalue weighted by atomic mass is 14.8. The Morgan fingerprint density at radius 2 is 2.00 bits per heavy atom. The van der Waals surface area contributed by atoms with Crippen LogP contribution in [0.15, 0.2) is 0 Å². The number of nitriles is 1. The topological polar surface area (TPSA) is 75.8 Å². The lowest BCUT2D eigenvalue weighted by atomic mass is 9.82. The number of nitrogens with two attached hydrogens (primary N) is 2. The van der Waals surface area contributed by atoms with Crippen LogP contribution in [0.3, 0.4) is 0 Å². The maximum atomic E-state index is 8.45. The molecule has 1 saturated carbocycles. The Morgan fingerprint density at radius 3 is 2.55 bits per heavy atom. The fourth-order valence-electron chi connectivity index (χ4n) is 1.63. The summed E-state index contributed by atoms with van der Waals surface area (Å²) in [7, 11) is 0. The zero-order valence-electron chi connectivity index (χ0n) is 6.66. The molecule has 62 valence electrons. The molecule has 0 heterocycles. The fourth-order valence-corrected chi connectivity index (χ4v) is 1.63. The van der Waals surface area contributed by atoms with E-state index in [0.29, 0.717) is 12.3 Å². The van der Waals surface area contributed by atoms with Crippen molar-refractivity contribution in [3.63, 3.8) is 0 Å². The number of hydrogen-bond acceptors (Lipinski definition) is 3. The highest BCUT2D eigenvalue weighted by Crippen LogP contribution is 2.24. The normalized spacial score (nSPS) is 38.1. The molecular formula is C8H15N3. The Bertz CT molecular complexity index is 161. The lowest BCUT2D eigenvalue weighted by molar-refractivity contribution is 0.293. The Kier molecular flexibility index (Phi) is 2.86. The molecule has 0 aromatic heterocycles. The molecule has 1 unspecified atom stereocenters.